The Kier molecular flexibility index (Phi) is 8.84. The predicted molar refractivity (Wildman–Crippen MR) is 128 cm³/mol. The Morgan fingerprint density at radius 1 is 0.938 bits per heavy atom. The Hall–Kier alpha value is -2.22. The van der Waals surface area contributed by atoms with Gasteiger partial charge in [0.15, 0.2) is 0 Å². The molecule has 0 spiro atoms. The number of hydrogen-bond acceptors (Lipinski definition) is 4. The van der Waals surface area contributed by atoms with Crippen molar-refractivity contribution in [1.29, 1.82) is 0 Å². The predicted octanol–water partition coefficient (Wildman–Crippen LogP) is 3.56. The highest BCUT2D eigenvalue weighted by atomic mass is 32.2. The van der Waals surface area contributed by atoms with Crippen molar-refractivity contribution >= 4 is 15.9 Å². The van der Waals surface area contributed by atoms with Gasteiger partial charge in [0.05, 0.1) is 11.3 Å². The molecule has 0 aromatic heterocycles. The number of benzene rings is 2. The fourth-order valence-corrected chi connectivity index (χ4v) is 5.56. The van der Waals surface area contributed by atoms with Crippen molar-refractivity contribution < 1.29 is 13.2 Å². The molecule has 2 aromatic rings. The third kappa shape index (κ3) is 6.40. The highest BCUT2D eigenvalue weighted by Gasteiger charge is 2.25. The molecule has 174 valence electrons. The van der Waals surface area contributed by atoms with Gasteiger partial charge < -0.3 is 5.32 Å². The van der Waals surface area contributed by atoms with E-state index in [1.807, 2.05) is 12.1 Å². The van der Waals surface area contributed by atoms with E-state index >= 15 is 0 Å². The maximum Gasteiger partial charge on any atom is 0.243 e. The summed E-state index contributed by atoms with van der Waals surface area (Å²) in [5.41, 5.74) is 3.15. The van der Waals surface area contributed by atoms with Crippen molar-refractivity contribution in [2.75, 3.05) is 26.2 Å². The van der Waals surface area contributed by atoms with Crippen LogP contribution in [0.4, 0.5) is 0 Å². The summed E-state index contributed by atoms with van der Waals surface area (Å²) in [4.78, 5) is 15.2. The van der Waals surface area contributed by atoms with E-state index in [1.54, 1.807) is 28.6 Å². The third-order valence-corrected chi connectivity index (χ3v) is 8.04. The molecule has 0 aliphatic carbocycles. The molecule has 2 aromatic carbocycles. The van der Waals surface area contributed by atoms with Crippen LogP contribution in [0.15, 0.2) is 53.4 Å². The summed E-state index contributed by atoms with van der Waals surface area (Å²) >= 11 is 0. The lowest BCUT2D eigenvalue weighted by Crippen LogP contribution is -2.35. The zero-order chi connectivity index (χ0) is 23.0. The molecule has 1 amide bonds. The van der Waals surface area contributed by atoms with Crippen LogP contribution in [0.5, 0.6) is 0 Å². The first kappa shape index (κ1) is 24.4. The number of nitrogens with one attached hydrogen (secondary N) is 1. The van der Waals surface area contributed by atoms with Gasteiger partial charge in [-0.15, -0.1) is 0 Å². The number of amides is 1. The maximum atomic E-state index is 12.8. The van der Waals surface area contributed by atoms with Gasteiger partial charge in [-0.3, -0.25) is 9.69 Å². The van der Waals surface area contributed by atoms with Gasteiger partial charge in [0.2, 0.25) is 15.9 Å². The molecular weight excluding hydrogens is 422 g/mol. The lowest BCUT2D eigenvalue weighted by molar-refractivity contribution is -0.120. The smallest absolute Gasteiger partial charge is 0.243 e. The summed E-state index contributed by atoms with van der Waals surface area (Å²) in [6, 6.07) is 14.9. The van der Waals surface area contributed by atoms with Crippen LogP contribution in [0.2, 0.25) is 0 Å². The summed E-state index contributed by atoms with van der Waals surface area (Å²) in [6.45, 7) is 8.80. The number of carbonyl (C=O) groups excluding carboxylic acids is 1. The minimum atomic E-state index is -3.44. The van der Waals surface area contributed by atoms with E-state index in [0.717, 1.165) is 50.0 Å². The molecule has 6 nitrogen and oxygen atoms in total. The van der Waals surface area contributed by atoms with Crippen LogP contribution in [0.3, 0.4) is 0 Å². The van der Waals surface area contributed by atoms with Crippen LogP contribution in [-0.2, 0) is 34.3 Å². The summed E-state index contributed by atoms with van der Waals surface area (Å²) in [5, 5.41) is 3.01. The lowest BCUT2D eigenvalue weighted by atomic mass is 10.1. The average Bonchev–Trinajstić information content (AvgIpc) is 2.82. The van der Waals surface area contributed by atoms with Gasteiger partial charge >= 0.3 is 0 Å². The molecule has 0 atom stereocenters. The molecule has 1 aliphatic rings. The van der Waals surface area contributed by atoms with Gasteiger partial charge in [0.1, 0.15) is 0 Å². The topological polar surface area (TPSA) is 69.7 Å². The highest BCUT2D eigenvalue weighted by Crippen LogP contribution is 2.21. The largest absolute Gasteiger partial charge is 0.352 e. The molecule has 1 aliphatic heterocycles. The van der Waals surface area contributed by atoms with Crippen molar-refractivity contribution in [3.05, 3.63) is 65.2 Å². The van der Waals surface area contributed by atoms with E-state index in [-0.39, 0.29) is 12.3 Å². The summed E-state index contributed by atoms with van der Waals surface area (Å²) in [7, 11) is -3.44. The molecule has 7 heteroatoms. The van der Waals surface area contributed by atoms with Crippen LogP contribution in [-0.4, -0.2) is 49.7 Å². The molecular formula is C25H35N3O3S. The number of sulfonamides is 1. The van der Waals surface area contributed by atoms with Gasteiger partial charge in [-0.25, -0.2) is 8.42 Å². The van der Waals surface area contributed by atoms with Crippen molar-refractivity contribution in [2.24, 2.45) is 0 Å². The van der Waals surface area contributed by atoms with Gasteiger partial charge in [-0.1, -0.05) is 56.7 Å². The van der Waals surface area contributed by atoms with Crippen molar-refractivity contribution in [3.63, 3.8) is 0 Å². The summed E-state index contributed by atoms with van der Waals surface area (Å²) in [6.07, 6.45) is 3.13. The first-order valence-electron chi connectivity index (χ1n) is 11.6. The SMILES string of the molecule is CCN(CC)Cc1ccccc1CNC(=O)Cc1ccc(S(=O)(=O)N2CCCCC2)cc1. The molecule has 1 N–H and O–H groups in total. The fourth-order valence-electron chi connectivity index (χ4n) is 4.05. The van der Waals surface area contributed by atoms with E-state index in [2.05, 4.69) is 36.2 Å². The number of nitrogens with zero attached hydrogens (tertiary/aromatic N) is 2. The number of piperidine rings is 1. The fraction of sp³-hybridized carbons (Fsp3) is 0.480. The lowest BCUT2D eigenvalue weighted by Gasteiger charge is -2.25. The van der Waals surface area contributed by atoms with Crippen LogP contribution < -0.4 is 5.32 Å². The van der Waals surface area contributed by atoms with E-state index in [1.165, 1.54) is 5.56 Å². The first-order chi connectivity index (χ1) is 15.4. The zero-order valence-corrected chi connectivity index (χ0v) is 20.0. The molecule has 32 heavy (non-hydrogen) atoms. The van der Waals surface area contributed by atoms with Gasteiger partial charge in [-0.05, 0) is 54.8 Å². The Morgan fingerprint density at radius 3 is 2.19 bits per heavy atom. The summed E-state index contributed by atoms with van der Waals surface area (Å²) in [5.74, 6) is -0.0747. The quantitative estimate of drug-likeness (QED) is 0.592. The van der Waals surface area contributed by atoms with Gasteiger partial charge in [0.25, 0.3) is 0 Å². The van der Waals surface area contributed by atoms with E-state index in [4.69, 9.17) is 0 Å². The summed E-state index contributed by atoms with van der Waals surface area (Å²) < 4.78 is 27.1. The molecule has 1 heterocycles. The maximum absolute atomic E-state index is 12.8. The third-order valence-electron chi connectivity index (χ3n) is 6.12. The normalized spacial score (nSPS) is 15.1. The zero-order valence-electron chi connectivity index (χ0n) is 19.2. The Morgan fingerprint density at radius 2 is 1.56 bits per heavy atom. The van der Waals surface area contributed by atoms with E-state index in [9.17, 15) is 13.2 Å². The molecule has 0 unspecified atom stereocenters. The van der Waals surface area contributed by atoms with E-state index in [0.29, 0.717) is 24.5 Å². The highest BCUT2D eigenvalue weighted by molar-refractivity contribution is 7.89. The van der Waals surface area contributed by atoms with Crippen LogP contribution >= 0.6 is 0 Å². The Labute approximate surface area is 192 Å². The first-order valence-corrected chi connectivity index (χ1v) is 13.0. The molecule has 0 saturated carbocycles. The standard InChI is InChI=1S/C25H35N3O3S/c1-3-27(4-2)20-23-11-7-6-10-22(23)19-26-25(29)18-21-12-14-24(15-13-21)32(30,31)28-16-8-5-9-17-28/h6-7,10-15H,3-5,8-9,16-20H2,1-2H3,(H,26,29). The second-order valence-electron chi connectivity index (χ2n) is 8.29. The van der Waals surface area contributed by atoms with E-state index < -0.39 is 10.0 Å². The van der Waals surface area contributed by atoms with Crippen LogP contribution in [0.1, 0.15) is 49.8 Å². The van der Waals surface area contributed by atoms with Crippen molar-refractivity contribution in [3.8, 4) is 0 Å². The van der Waals surface area contributed by atoms with Gasteiger partial charge in [0, 0.05) is 26.2 Å². The monoisotopic (exact) mass is 457 g/mol. The second kappa shape index (κ2) is 11.6. The molecule has 1 fully saturated rings. The molecule has 0 radical (unpaired) electrons. The molecule has 3 rings (SSSR count). The second-order valence-corrected chi connectivity index (χ2v) is 10.2. The minimum absolute atomic E-state index is 0.0747. The van der Waals surface area contributed by atoms with Crippen LogP contribution in [0, 0.1) is 0 Å². The average molecular weight is 458 g/mol. The minimum Gasteiger partial charge on any atom is -0.352 e. The Balaban J connectivity index is 1.57. The van der Waals surface area contributed by atoms with Crippen molar-refractivity contribution in [2.45, 2.75) is 57.5 Å². The van der Waals surface area contributed by atoms with Crippen molar-refractivity contribution in [1.82, 2.24) is 14.5 Å². The molecule has 0 bridgehead atoms. The number of rotatable bonds is 10. The van der Waals surface area contributed by atoms with Gasteiger partial charge in [-0.2, -0.15) is 4.31 Å². The number of hydrogen-bond donors (Lipinski definition) is 1. The number of carbonyl (C=O) groups is 1. The Bertz CT molecular complexity index is 980. The van der Waals surface area contributed by atoms with Crippen LogP contribution in [0.25, 0.3) is 0 Å². The molecule has 1 saturated heterocycles.